The lowest BCUT2D eigenvalue weighted by atomic mass is 10.1. The van der Waals surface area contributed by atoms with Crippen molar-refractivity contribution in [3.63, 3.8) is 0 Å². The molecule has 4 heteroatoms. The van der Waals surface area contributed by atoms with Crippen molar-refractivity contribution in [1.29, 1.82) is 0 Å². The fourth-order valence-corrected chi connectivity index (χ4v) is 1.99. The number of hydrogen-bond donors (Lipinski definition) is 0. The van der Waals surface area contributed by atoms with E-state index in [-0.39, 0.29) is 5.70 Å². The SMILES string of the molecule is Cc1ccc(C)c(N([O-])C2=CCCC=C2N=O)c1. The molecule has 0 unspecified atom stereocenters. The molecule has 1 aliphatic rings. The molecule has 0 aromatic heterocycles. The van der Waals surface area contributed by atoms with E-state index in [9.17, 15) is 10.1 Å². The first-order chi connectivity index (χ1) is 8.63. The van der Waals surface area contributed by atoms with Gasteiger partial charge in [-0.1, -0.05) is 24.3 Å². The van der Waals surface area contributed by atoms with Crippen LogP contribution in [0.3, 0.4) is 0 Å². The molecular weight excluding hydrogens is 228 g/mol. The molecule has 1 aromatic rings. The van der Waals surface area contributed by atoms with Gasteiger partial charge in [-0.15, -0.1) is 4.91 Å². The summed E-state index contributed by atoms with van der Waals surface area (Å²) < 4.78 is 0. The van der Waals surface area contributed by atoms with E-state index in [0.717, 1.165) is 29.0 Å². The van der Waals surface area contributed by atoms with Crippen molar-refractivity contribution in [1.82, 2.24) is 0 Å². The molecule has 2 rings (SSSR count). The van der Waals surface area contributed by atoms with Crippen molar-refractivity contribution >= 4 is 5.69 Å². The quantitative estimate of drug-likeness (QED) is 0.597. The number of aryl methyl sites for hydroxylation is 2. The first kappa shape index (κ1) is 12.5. The Morgan fingerprint density at radius 1 is 1.22 bits per heavy atom. The predicted octanol–water partition coefficient (Wildman–Crippen LogP) is 3.94. The standard InChI is InChI=1S/C14H15N2O2/c1-10-7-8-11(2)14(9-10)16(18)13-6-4-3-5-12(13)15-17/h5-9H,3-4H2,1-2H3/q-1. The summed E-state index contributed by atoms with van der Waals surface area (Å²) in [4.78, 5) is 10.7. The summed E-state index contributed by atoms with van der Waals surface area (Å²) in [6.07, 6.45) is 4.99. The van der Waals surface area contributed by atoms with E-state index in [1.165, 1.54) is 0 Å². The third kappa shape index (κ3) is 2.33. The molecule has 0 amide bonds. The topological polar surface area (TPSA) is 55.7 Å². The Labute approximate surface area is 106 Å². The third-order valence-corrected chi connectivity index (χ3v) is 3.01. The van der Waals surface area contributed by atoms with E-state index in [4.69, 9.17) is 0 Å². The van der Waals surface area contributed by atoms with Crippen LogP contribution in [0.25, 0.3) is 0 Å². The number of hydrogen-bond acceptors (Lipinski definition) is 4. The Kier molecular flexibility index (Phi) is 3.58. The molecule has 0 fully saturated rings. The molecule has 1 aromatic carbocycles. The molecule has 18 heavy (non-hydrogen) atoms. The third-order valence-electron chi connectivity index (χ3n) is 3.01. The van der Waals surface area contributed by atoms with E-state index in [0.29, 0.717) is 11.4 Å². The van der Waals surface area contributed by atoms with Crippen LogP contribution in [0.5, 0.6) is 0 Å². The molecule has 0 N–H and O–H groups in total. The molecule has 0 aliphatic heterocycles. The summed E-state index contributed by atoms with van der Waals surface area (Å²) in [5.74, 6) is 0. The molecule has 0 saturated heterocycles. The predicted molar refractivity (Wildman–Crippen MR) is 73.0 cm³/mol. The van der Waals surface area contributed by atoms with Crippen LogP contribution in [0.4, 0.5) is 5.69 Å². The summed E-state index contributed by atoms with van der Waals surface area (Å²) in [5, 5.41) is 16.1. The molecule has 0 spiro atoms. The number of hydroxylamine groups is 1. The van der Waals surface area contributed by atoms with Gasteiger partial charge in [0.25, 0.3) is 0 Å². The fourth-order valence-electron chi connectivity index (χ4n) is 1.99. The van der Waals surface area contributed by atoms with E-state index in [1.807, 2.05) is 32.0 Å². The highest BCUT2D eigenvalue weighted by Gasteiger charge is 2.13. The van der Waals surface area contributed by atoms with Crippen molar-refractivity contribution < 1.29 is 0 Å². The zero-order valence-electron chi connectivity index (χ0n) is 10.5. The number of anilines is 1. The average Bonchev–Trinajstić information content (AvgIpc) is 2.40. The van der Waals surface area contributed by atoms with Crippen LogP contribution < -0.4 is 5.06 Å². The number of allylic oxidation sites excluding steroid dienone is 2. The Bertz CT molecular complexity index is 533. The second kappa shape index (κ2) is 5.14. The van der Waals surface area contributed by atoms with Gasteiger partial charge in [0.05, 0.1) is 5.70 Å². The first-order valence-electron chi connectivity index (χ1n) is 5.92. The van der Waals surface area contributed by atoms with Gasteiger partial charge in [-0.05, 0) is 49.1 Å². The van der Waals surface area contributed by atoms with Gasteiger partial charge in [-0.3, -0.25) is 0 Å². The highest BCUT2D eigenvalue weighted by Crippen LogP contribution is 2.30. The molecule has 94 valence electrons. The number of benzene rings is 1. The molecule has 0 atom stereocenters. The van der Waals surface area contributed by atoms with Crippen molar-refractivity contribution in [3.8, 4) is 0 Å². The summed E-state index contributed by atoms with van der Waals surface area (Å²) in [7, 11) is 0. The van der Waals surface area contributed by atoms with Gasteiger partial charge in [0, 0.05) is 5.69 Å². The Morgan fingerprint density at radius 3 is 2.67 bits per heavy atom. The molecule has 1 aliphatic carbocycles. The maximum atomic E-state index is 12.4. The molecule has 0 bridgehead atoms. The van der Waals surface area contributed by atoms with Gasteiger partial charge in [-0.2, -0.15) is 0 Å². The van der Waals surface area contributed by atoms with Crippen LogP contribution in [0.2, 0.25) is 0 Å². The second-order valence-corrected chi connectivity index (χ2v) is 4.43. The minimum Gasteiger partial charge on any atom is -0.754 e. The van der Waals surface area contributed by atoms with Crippen molar-refractivity contribution in [2.45, 2.75) is 26.7 Å². The lowest BCUT2D eigenvalue weighted by Gasteiger charge is -2.35. The molecule has 0 heterocycles. The summed E-state index contributed by atoms with van der Waals surface area (Å²) in [5.41, 5.74) is 3.05. The van der Waals surface area contributed by atoms with Crippen molar-refractivity contribution in [2.24, 2.45) is 5.18 Å². The van der Waals surface area contributed by atoms with Crippen LogP contribution in [0.15, 0.2) is 46.9 Å². The number of nitroso groups, excluding NO2 is 1. The average molecular weight is 243 g/mol. The monoisotopic (exact) mass is 243 g/mol. The second-order valence-electron chi connectivity index (χ2n) is 4.43. The fraction of sp³-hybridized carbons (Fsp3) is 0.286. The molecule has 0 radical (unpaired) electrons. The maximum absolute atomic E-state index is 12.4. The van der Waals surface area contributed by atoms with Gasteiger partial charge < -0.3 is 10.3 Å². The van der Waals surface area contributed by atoms with Crippen LogP contribution in [-0.2, 0) is 0 Å². The van der Waals surface area contributed by atoms with Crippen LogP contribution >= 0.6 is 0 Å². The van der Waals surface area contributed by atoms with Crippen LogP contribution in [0.1, 0.15) is 24.0 Å². The van der Waals surface area contributed by atoms with Gasteiger partial charge in [0.15, 0.2) is 0 Å². The van der Waals surface area contributed by atoms with Crippen molar-refractivity contribution in [3.05, 3.63) is 63.0 Å². The van der Waals surface area contributed by atoms with Gasteiger partial charge in [0.1, 0.15) is 5.70 Å². The van der Waals surface area contributed by atoms with E-state index >= 15 is 0 Å². The maximum Gasteiger partial charge on any atom is 0.126 e. The number of nitrogens with zero attached hydrogens (tertiary/aromatic N) is 2. The van der Waals surface area contributed by atoms with E-state index < -0.39 is 0 Å². The van der Waals surface area contributed by atoms with Crippen molar-refractivity contribution in [2.75, 3.05) is 5.06 Å². The zero-order chi connectivity index (χ0) is 13.1. The minimum absolute atomic E-state index is 0.233. The summed E-state index contributed by atoms with van der Waals surface area (Å²) in [6.45, 7) is 3.81. The Balaban J connectivity index is 2.39. The largest absolute Gasteiger partial charge is 0.754 e. The smallest absolute Gasteiger partial charge is 0.126 e. The highest BCUT2D eigenvalue weighted by molar-refractivity contribution is 5.63. The van der Waals surface area contributed by atoms with Crippen LogP contribution in [0, 0.1) is 24.0 Å². The summed E-state index contributed by atoms with van der Waals surface area (Å²) in [6, 6.07) is 5.67. The molecular formula is C14H15N2O2-. The Hall–Kier alpha value is -1.94. The minimum atomic E-state index is 0.233. The van der Waals surface area contributed by atoms with E-state index in [1.54, 1.807) is 12.2 Å². The molecule has 4 nitrogen and oxygen atoms in total. The van der Waals surface area contributed by atoms with Gasteiger partial charge in [-0.25, -0.2) is 0 Å². The lowest BCUT2D eigenvalue weighted by Crippen LogP contribution is -2.17. The first-order valence-corrected chi connectivity index (χ1v) is 5.92. The number of rotatable bonds is 3. The zero-order valence-corrected chi connectivity index (χ0v) is 10.5. The van der Waals surface area contributed by atoms with Gasteiger partial charge in [0.2, 0.25) is 0 Å². The summed E-state index contributed by atoms with van der Waals surface area (Å²) >= 11 is 0. The Morgan fingerprint density at radius 2 is 1.94 bits per heavy atom. The molecule has 0 saturated carbocycles. The highest BCUT2D eigenvalue weighted by atomic mass is 16.5. The normalized spacial score (nSPS) is 14.8. The van der Waals surface area contributed by atoms with Crippen LogP contribution in [-0.4, -0.2) is 0 Å². The lowest BCUT2D eigenvalue weighted by molar-refractivity contribution is 0.954. The van der Waals surface area contributed by atoms with E-state index in [2.05, 4.69) is 5.18 Å². The van der Waals surface area contributed by atoms with Gasteiger partial charge >= 0.3 is 0 Å².